The molecule has 3 heterocycles. The van der Waals surface area contributed by atoms with Crippen LogP contribution in [0.2, 0.25) is 0 Å². The normalized spacial score (nSPS) is 13.1. The van der Waals surface area contributed by atoms with E-state index in [4.69, 9.17) is 14.2 Å². The van der Waals surface area contributed by atoms with Gasteiger partial charge in [-0.15, -0.1) is 10.2 Å². The van der Waals surface area contributed by atoms with Gasteiger partial charge >= 0.3 is 0 Å². The summed E-state index contributed by atoms with van der Waals surface area (Å²) in [5.41, 5.74) is 1.79. The molecule has 0 aliphatic rings. The van der Waals surface area contributed by atoms with E-state index in [1.165, 1.54) is 21.1 Å². The molecule has 0 saturated carbocycles. The Morgan fingerprint density at radius 2 is 1.76 bits per heavy atom. The number of anilines is 1. The Hall–Kier alpha value is -4.10. The quantitative estimate of drug-likeness (QED) is 0.301. The fourth-order valence-corrected chi connectivity index (χ4v) is 4.89. The topological polar surface area (TPSA) is 143 Å². The first kappa shape index (κ1) is 26.9. The fraction of sp³-hybridized carbons (Fsp3) is 0.320. The Kier molecular flexibility index (Phi) is 8.17. The van der Waals surface area contributed by atoms with E-state index in [0.29, 0.717) is 29.6 Å². The predicted octanol–water partition coefficient (Wildman–Crippen LogP) is 3.35. The zero-order chi connectivity index (χ0) is 27.3. The zero-order valence-corrected chi connectivity index (χ0v) is 22.5. The lowest BCUT2D eigenvalue weighted by Crippen LogP contribution is -2.33. The molecular formula is C25H29N7O5S. The van der Waals surface area contributed by atoms with Crippen LogP contribution < -0.4 is 14.2 Å². The first-order valence-electron chi connectivity index (χ1n) is 11.8. The molecule has 0 unspecified atom stereocenters. The highest BCUT2D eigenvalue weighted by molar-refractivity contribution is 7.93. The number of nitrogens with one attached hydrogen (secondary N) is 1. The molecule has 38 heavy (non-hydrogen) atoms. The van der Waals surface area contributed by atoms with E-state index in [1.807, 2.05) is 19.9 Å². The molecule has 0 aliphatic carbocycles. The molecule has 0 bridgehead atoms. The van der Waals surface area contributed by atoms with E-state index in [0.717, 1.165) is 5.56 Å². The highest BCUT2D eigenvalue weighted by Crippen LogP contribution is 2.32. The standard InChI is InChI=1S/C25H29N7O5S/c1-6-37-20-12-8-7-11-19(20)32-24(18-10-9-13-21(28-18)35-4)29-30-25(32)31-38(33,34)17(3)22(36-5)23-26-14-16(2)15-27-23/h7-15,17,22H,6H2,1-5H3,(H,30,31)/t17-,22-/m0/s1. The van der Waals surface area contributed by atoms with Crippen LogP contribution in [0.25, 0.3) is 17.2 Å². The minimum Gasteiger partial charge on any atom is -0.492 e. The molecule has 0 spiro atoms. The van der Waals surface area contributed by atoms with Crippen LogP contribution in [0.5, 0.6) is 11.6 Å². The van der Waals surface area contributed by atoms with Crippen molar-refractivity contribution in [2.24, 2.45) is 0 Å². The van der Waals surface area contributed by atoms with Gasteiger partial charge in [0.15, 0.2) is 11.6 Å². The van der Waals surface area contributed by atoms with Gasteiger partial charge in [0.1, 0.15) is 22.8 Å². The van der Waals surface area contributed by atoms with Gasteiger partial charge in [-0.1, -0.05) is 18.2 Å². The maximum absolute atomic E-state index is 13.6. The van der Waals surface area contributed by atoms with Crippen LogP contribution in [0, 0.1) is 6.92 Å². The van der Waals surface area contributed by atoms with Crippen molar-refractivity contribution in [2.75, 3.05) is 25.5 Å². The van der Waals surface area contributed by atoms with E-state index in [1.54, 1.807) is 53.4 Å². The molecule has 12 nitrogen and oxygen atoms in total. The van der Waals surface area contributed by atoms with E-state index >= 15 is 0 Å². The van der Waals surface area contributed by atoms with Crippen LogP contribution >= 0.6 is 0 Å². The van der Waals surface area contributed by atoms with Gasteiger partial charge < -0.3 is 14.2 Å². The van der Waals surface area contributed by atoms with Crippen molar-refractivity contribution in [3.63, 3.8) is 0 Å². The number of hydrogen-bond donors (Lipinski definition) is 1. The molecular weight excluding hydrogens is 510 g/mol. The summed E-state index contributed by atoms with van der Waals surface area (Å²) >= 11 is 0. The van der Waals surface area contributed by atoms with E-state index < -0.39 is 21.4 Å². The van der Waals surface area contributed by atoms with Gasteiger partial charge in [-0.3, -0.25) is 9.29 Å². The molecule has 4 rings (SSSR count). The molecule has 13 heteroatoms. The second kappa shape index (κ2) is 11.5. The van der Waals surface area contributed by atoms with Gasteiger partial charge in [0.2, 0.25) is 21.9 Å². The first-order chi connectivity index (χ1) is 18.3. The Balaban J connectivity index is 1.80. The van der Waals surface area contributed by atoms with Crippen LogP contribution in [-0.4, -0.2) is 64.2 Å². The Labute approximate surface area is 221 Å². The smallest absolute Gasteiger partial charge is 0.243 e. The van der Waals surface area contributed by atoms with Crippen molar-refractivity contribution in [1.82, 2.24) is 29.7 Å². The zero-order valence-electron chi connectivity index (χ0n) is 21.7. The number of aryl methyl sites for hydroxylation is 1. The molecule has 1 aromatic carbocycles. The monoisotopic (exact) mass is 539 g/mol. The Bertz CT molecular complexity index is 1490. The van der Waals surface area contributed by atoms with E-state index in [2.05, 4.69) is 29.9 Å². The molecule has 0 aliphatic heterocycles. The summed E-state index contributed by atoms with van der Waals surface area (Å²) in [4.78, 5) is 13.0. The lowest BCUT2D eigenvalue weighted by Gasteiger charge is -2.22. The van der Waals surface area contributed by atoms with Crippen molar-refractivity contribution in [1.29, 1.82) is 0 Å². The Morgan fingerprint density at radius 3 is 2.45 bits per heavy atom. The molecule has 1 N–H and O–H groups in total. The van der Waals surface area contributed by atoms with Crippen LogP contribution in [0.15, 0.2) is 54.9 Å². The van der Waals surface area contributed by atoms with Crippen LogP contribution in [0.4, 0.5) is 5.95 Å². The summed E-state index contributed by atoms with van der Waals surface area (Å²) in [6, 6.07) is 12.3. The van der Waals surface area contributed by atoms with Gasteiger partial charge in [-0.05, 0) is 44.5 Å². The largest absolute Gasteiger partial charge is 0.492 e. The third kappa shape index (κ3) is 5.58. The number of benzene rings is 1. The van der Waals surface area contributed by atoms with Gasteiger partial charge in [0.25, 0.3) is 0 Å². The van der Waals surface area contributed by atoms with Crippen molar-refractivity contribution in [2.45, 2.75) is 32.1 Å². The number of rotatable bonds is 11. The summed E-state index contributed by atoms with van der Waals surface area (Å²) in [6.07, 6.45) is 2.28. The van der Waals surface area contributed by atoms with Crippen LogP contribution in [0.1, 0.15) is 31.3 Å². The minimum absolute atomic E-state index is 0.0525. The molecule has 0 fully saturated rings. The average Bonchev–Trinajstić information content (AvgIpc) is 3.33. The lowest BCUT2D eigenvalue weighted by atomic mass is 10.2. The van der Waals surface area contributed by atoms with Gasteiger partial charge in [-0.2, -0.15) is 0 Å². The first-order valence-corrected chi connectivity index (χ1v) is 13.4. The maximum atomic E-state index is 13.6. The second-order valence-electron chi connectivity index (χ2n) is 8.28. The molecule has 2 atom stereocenters. The SMILES string of the molecule is CCOc1ccccc1-n1c(NS(=O)(=O)[C@@H](C)[C@H](OC)c2ncc(C)cn2)nnc1-c1cccc(OC)n1. The minimum atomic E-state index is -4.08. The van der Waals surface area contributed by atoms with Gasteiger partial charge in [-0.25, -0.2) is 23.4 Å². The number of nitrogens with zero attached hydrogens (tertiary/aromatic N) is 6. The number of methoxy groups -OCH3 is 2. The van der Waals surface area contributed by atoms with Gasteiger partial charge in [0, 0.05) is 25.6 Å². The third-order valence-corrected chi connectivity index (χ3v) is 7.38. The number of para-hydroxylation sites is 2. The highest BCUT2D eigenvalue weighted by Gasteiger charge is 2.34. The number of pyridine rings is 1. The molecule has 0 saturated heterocycles. The summed E-state index contributed by atoms with van der Waals surface area (Å²) in [5.74, 6) is 1.36. The Morgan fingerprint density at radius 1 is 1.03 bits per heavy atom. The highest BCUT2D eigenvalue weighted by atomic mass is 32.2. The van der Waals surface area contributed by atoms with Crippen LogP contribution in [-0.2, 0) is 14.8 Å². The third-order valence-electron chi connectivity index (χ3n) is 5.69. The maximum Gasteiger partial charge on any atom is 0.243 e. The molecule has 0 radical (unpaired) electrons. The van der Waals surface area contributed by atoms with E-state index in [-0.39, 0.29) is 17.6 Å². The average molecular weight is 540 g/mol. The number of sulfonamides is 1. The van der Waals surface area contributed by atoms with Crippen LogP contribution in [0.3, 0.4) is 0 Å². The number of ether oxygens (including phenoxy) is 3. The van der Waals surface area contributed by atoms with Crippen molar-refractivity contribution in [3.05, 3.63) is 66.2 Å². The summed E-state index contributed by atoms with van der Waals surface area (Å²) in [6.45, 7) is 5.61. The summed E-state index contributed by atoms with van der Waals surface area (Å²) < 4.78 is 47.9. The molecule has 3 aromatic heterocycles. The predicted molar refractivity (Wildman–Crippen MR) is 141 cm³/mol. The summed E-state index contributed by atoms with van der Waals surface area (Å²) in [7, 11) is -1.17. The molecule has 4 aromatic rings. The van der Waals surface area contributed by atoms with Gasteiger partial charge in [0.05, 0.1) is 19.4 Å². The number of aromatic nitrogens is 6. The molecule has 200 valence electrons. The fourth-order valence-electron chi connectivity index (χ4n) is 3.76. The second-order valence-corrected chi connectivity index (χ2v) is 10.3. The van der Waals surface area contributed by atoms with Crippen molar-refractivity contribution < 1.29 is 22.6 Å². The van der Waals surface area contributed by atoms with E-state index in [9.17, 15) is 8.42 Å². The number of hydrogen-bond acceptors (Lipinski definition) is 10. The lowest BCUT2D eigenvalue weighted by molar-refractivity contribution is 0.0949. The van der Waals surface area contributed by atoms with Crippen molar-refractivity contribution >= 4 is 16.0 Å². The van der Waals surface area contributed by atoms with Crippen molar-refractivity contribution in [3.8, 4) is 28.8 Å². The molecule has 0 amide bonds. The summed E-state index contributed by atoms with van der Waals surface area (Å²) in [5, 5.41) is 7.37.